The maximum absolute atomic E-state index is 3.07. The van der Waals surface area contributed by atoms with Crippen LogP contribution in [0.5, 0.6) is 0 Å². The number of benzene rings is 6. The second-order valence-electron chi connectivity index (χ2n) is 16.5. The quantitative estimate of drug-likeness (QED) is 0.155. The normalized spacial score (nSPS) is 14.5. The summed E-state index contributed by atoms with van der Waals surface area (Å²) < 4.78 is 3.63. The summed E-state index contributed by atoms with van der Waals surface area (Å²) in [6, 6.07) is 55.6. The van der Waals surface area contributed by atoms with Crippen LogP contribution in [0.3, 0.4) is 0 Å². The Morgan fingerprint density at radius 3 is 1.38 bits per heavy atom. The van der Waals surface area contributed by atoms with Crippen molar-refractivity contribution in [2.75, 3.05) is 0 Å². The van der Waals surface area contributed by atoms with Crippen LogP contribution in [0.2, 0.25) is 0 Å². The molecule has 0 bridgehead atoms. The van der Waals surface area contributed by atoms with Gasteiger partial charge in [-0.15, -0.1) is 0 Å². The maximum Gasteiger partial charge on any atom is -1.00 e. The Kier molecular flexibility index (Phi) is 12.4. The van der Waals surface area contributed by atoms with E-state index in [2.05, 4.69) is 206 Å². The van der Waals surface area contributed by atoms with Crippen LogP contribution in [-0.4, -0.2) is 3.21 Å². The summed E-state index contributed by atoms with van der Waals surface area (Å²) in [6.45, 7) is 16.5. The summed E-state index contributed by atoms with van der Waals surface area (Å²) >= 11 is -3.07. The summed E-state index contributed by atoms with van der Waals surface area (Å²) in [4.78, 5) is 0. The minimum Gasteiger partial charge on any atom is -1.00 e. The van der Waals surface area contributed by atoms with Gasteiger partial charge in [0.2, 0.25) is 0 Å². The van der Waals surface area contributed by atoms with Crippen molar-refractivity contribution in [3.05, 3.63) is 200 Å². The van der Waals surface area contributed by atoms with Crippen LogP contribution in [0.4, 0.5) is 0 Å². The van der Waals surface area contributed by atoms with E-state index in [1.54, 1.807) is 6.49 Å². The van der Waals surface area contributed by atoms with Gasteiger partial charge in [-0.25, -0.2) is 0 Å². The van der Waals surface area contributed by atoms with Gasteiger partial charge in [0.1, 0.15) is 0 Å². The molecule has 2 aliphatic carbocycles. The fraction of sp³-hybridized carbons (Fsp3) is 0.212. The van der Waals surface area contributed by atoms with Crippen molar-refractivity contribution >= 4 is 3.21 Å². The molecular formula is C52H50Cl2Zr. The molecule has 1 atom stereocenters. The molecule has 0 aromatic heterocycles. The summed E-state index contributed by atoms with van der Waals surface area (Å²) in [5.74, 6) is 0.910. The zero-order chi connectivity index (χ0) is 36.9. The van der Waals surface area contributed by atoms with Crippen molar-refractivity contribution in [2.45, 2.75) is 52.1 Å². The molecule has 6 aromatic carbocycles. The number of hydrogen-bond donors (Lipinski definition) is 0. The van der Waals surface area contributed by atoms with Gasteiger partial charge in [0.25, 0.3) is 0 Å². The van der Waals surface area contributed by atoms with E-state index in [9.17, 15) is 0 Å². The molecule has 8 rings (SSSR count). The van der Waals surface area contributed by atoms with E-state index in [1.807, 2.05) is 0 Å². The standard InChI is InChI=1S/C25H17.C15H14.C12H19.2ClH.Zr/c1-3-7-18(8-4-1)20-11-13-24-22(15-20)17-23-16-21(12-14-25(23)24)19-9-5-2-6-10-19;1-12-3-7-14(8-4-12)11-15-9-5-13(2)6-10-15;1-9(2)10-6-7-11(8-10)12(3,4)5;;;/h1-17H;3-10H,1-2H3;7-10H,1-5H3;2*1H;/q;;;;;+2/p-2. The van der Waals surface area contributed by atoms with E-state index in [1.165, 1.54) is 72.3 Å². The van der Waals surface area contributed by atoms with E-state index >= 15 is 0 Å². The third kappa shape index (κ3) is 8.05. The van der Waals surface area contributed by atoms with Crippen molar-refractivity contribution in [3.63, 3.8) is 0 Å². The van der Waals surface area contributed by atoms with Gasteiger partial charge in [0.05, 0.1) is 0 Å². The molecule has 0 spiro atoms. The first-order chi connectivity index (χ1) is 25.6. The summed E-state index contributed by atoms with van der Waals surface area (Å²) in [6.07, 6.45) is 5.35. The Hall–Kier alpha value is -3.87. The summed E-state index contributed by atoms with van der Waals surface area (Å²) in [5.41, 5.74) is 17.9. The first-order valence-corrected chi connectivity index (χ1v) is 23.2. The van der Waals surface area contributed by atoms with E-state index in [4.69, 9.17) is 0 Å². The van der Waals surface area contributed by atoms with Gasteiger partial charge in [0.15, 0.2) is 0 Å². The van der Waals surface area contributed by atoms with Gasteiger partial charge in [0, 0.05) is 0 Å². The van der Waals surface area contributed by atoms with Gasteiger partial charge >= 0.3 is 327 Å². The molecule has 0 fully saturated rings. The third-order valence-corrected chi connectivity index (χ3v) is 19.8. The number of hydrogen-bond acceptors (Lipinski definition) is 0. The fourth-order valence-electron chi connectivity index (χ4n) is 8.44. The van der Waals surface area contributed by atoms with E-state index in [0.717, 1.165) is 0 Å². The first kappa shape index (κ1) is 40.8. The van der Waals surface area contributed by atoms with Crippen molar-refractivity contribution in [2.24, 2.45) is 17.3 Å². The third-order valence-electron chi connectivity index (χ3n) is 11.4. The zero-order valence-electron chi connectivity index (χ0n) is 33.0. The molecule has 276 valence electrons. The average Bonchev–Trinajstić information content (AvgIpc) is 3.76. The first-order valence-electron chi connectivity index (χ1n) is 19.3. The molecule has 0 nitrogen and oxygen atoms in total. The fourth-order valence-corrected chi connectivity index (χ4v) is 18.4. The molecule has 0 saturated heterocycles. The van der Waals surface area contributed by atoms with Crippen LogP contribution in [0.25, 0.3) is 33.4 Å². The molecule has 0 heterocycles. The molecule has 0 aliphatic heterocycles. The minimum absolute atomic E-state index is 0. The SMILES string of the molecule is Cc1ccc([C](c2ccc(C)cc2)=[Zr+2]([C]2=CC(C(C)(C)C)=CC2C(C)C)[CH]2c3cc(-c4ccccc4)ccc3-c3ccc(-c4ccccc4)cc32)cc1.[Cl-].[Cl-]. The van der Waals surface area contributed by atoms with Crippen LogP contribution in [0.1, 0.15) is 71.6 Å². The Morgan fingerprint density at radius 2 is 0.982 bits per heavy atom. The predicted octanol–water partition coefficient (Wildman–Crippen LogP) is 7.74. The van der Waals surface area contributed by atoms with Gasteiger partial charge in [-0.2, -0.15) is 0 Å². The number of allylic oxidation sites excluding steroid dienone is 4. The monoisotopic (exact) mass is 834 g/mol. The smallest absolute Gasteiger partial charge is 1.00 e. The summed E-state index contributed by atoms with van der Waals surface area (Å²) in [5, 5.41) is 0. The van der Waals surface area contributed by atoms with Crippen LogP contribution < -0.4 is 24.8 Å². The van der Waals surface area contributed by atoms with E-state index in [-0.39, 0.29) is 30.2 Å². The molecule has 0 saturated carbocycles. The number of halogens is 2. The topological polar surface area (TPSA) is 0 Å². The average molecular weight is 837 g/mol. The van der Waals surface area contributed by atoms with Crippen molar-refractivity contribution < 1.29 is 46.1 Å². The molecule has 0 N–H and O–H groups in total. The van der Waals surface area contributed by atoms with Gasteiger partial charge < -0.3 is 24.8 Å². The van der Waals surface area contributed by atoms with Crippen LogP contribution >= 0.6 is 0 Å². The van der Waals surface area contributed by atoms with Crippen LogP contribution in [0, 0.1) is 31.1 Å². The predicted molar refractivity (Wildman–Crippen MR) is 224 cm³/mol. The number of aryl methyl sites for hydroxylation is 2. The molecule has 6 aromatic rings. The maximum atomic E-state index is 2.70. The van der Waals surface area contributed by atoms with Crippen LogP contribution in [0.15, 0.2) is 167 Å². The summed E-state index contributed by atoms with van der Waals surface area (Å²) in [7, 11) is 0. The van der Waals surface area contributed by atoms with Crippen LogP contribution in [-0.2, 0) is 21.3 Å². The van der Waals surface area contributed by atoms with Crippen molar-refractivity contribution in [1.82, 2.24) is 0 Å². The molecule has 0 radical (unpaired) electrons. The van der Waals surface area contributed by atoms with Crippen molar-refractivity contribution in [3.8, 4) is 33.4 Å². The second-order valence-corrected chi connectivity index (χ2v) is 22.6. The van der Waals surface area contributed by atoms with Gasteiger partial charge in [-0.1, -0.05) is 0 Å². The second kappa shape index (κ2) is 16.7. The molecular weight excluding hydrogens is 787 g/mol. The van der Waals surface area contributed by atoms with Crippen molar-refractivity contribution in [1.29, 1.82) is 0 Å². The van der Waals surface area contributed by atoms with Gasteiger partial charge in [-0.05, 0) is 0 Å². The number of rotatable bonds is 7. The molecule has 55 heavy (non-hydrogen) atoms. The molecule has 2 aliphatic rings. The molecule has 3 heteroatoms. The van der Waals surface area contributed by atoms with Gasteiger partial charge in [-0.3, -0.25) is 0 Å². The molecule has 0 amide bonds. The Balaban J connectivity index is 0.00000257. The Labute approximate surface area is 349 Å². The zero-order valence-corrected chi connectivity index (χ0v) is 37.0. The van der Waals surface area contributed by atoms with E-state index in [0.29, 0.717) is 15.5 Å². The van der Waals surface area contributed by atoms with E-state index < -0.39 is 21.3 Å². The Bertz CT molecular complexity index is 2260. The minimum atomic E-state index is -3.07. The molecule has 1 unspecified atom stereocenters. The Morgan fingerprint density at radius 1 is 0.545 bits per heavy atom. The largest absolute Gasteiger partial charge is 1.00 e. The number of fused-ring (bicyclic) bond motifs is 3.